The Morgan fingerprint density at radius 2 is 1.80 bits per heavy atom. The molecule has 214 valence electrons. The Labute approximate surface area is 241 Å². The van der Waals surface area contributed by atoms with Crippen molar-refractivity contribution in [1.82, 2.24) is 30.0 Å². The smallest absolute Gasteiger partial charge is 0.321 e. The number of benzene rings is 1. The number of carbonyl (C=O) groups excluding carboxylic acids is 2. The Morgan fingerprint density at radius 1 is 1.07 bits per heavy atom. The van der Waals surface area contributed by atoms with Crippen LogP contribution in [0.3, 0.4) is 0 Å². The minimum absolute atomic E-state index is 0.316. The fourth-order valence-corrected chi connectivity index (χ4v) is 6.17. The summed E-state index contributed by atoms with van der Waals surface area (Å²) in [5.74, 6) is 0.0499. The number of hydrogen-bond donors (Lipinski definition) is 3. The lowest BCUT2D eigenvalue weighted by molar-refractivity contribution is -0.129. The number of rotatable bonds is 7. The van der Waals surface area contributed by atoms with Gasteiger partial charge in [-0.3, -0.25) is 19.8 Å². The van der Waals surface area contributed by atoms with Crippen molar-refractivity contribution in [3.8, 4) is 22.4 Å². The number of aromatic nitrogens is 4. The van der Waals surface area contributed by atoms with Gasteiger partial charge in [0, 0.05) is 49.4 Å². The summed E-state index contributed by atoms with van der Waals surface area (Å²) >= 11 is 1.38. The number of amides is 3. The van der Waals surface area contributed by atoms with Crippen LogP contribution in [-0.2, 0) is 14.8 Å². The minimum Gasteiger partial charge on any atom is -0.341 e. The zero-order valence-corrected chi connectivity index (χ0v) is 24.5. The van der Waals surface area contributed by atoms with Crippen LogP contribution in [0.5, 0.6) is 0 Å². The minimum atomic E-state index is -3.62. The SMILES string of the molecule is CCNC(=O)Nc1nc2cc(-c3cnc(N4CCC(C)(C(=O)NS(C)(=O)=O)CC4)nc3)cc(-c3ccccn3)c2s1. The van der Waals surface area contributed by atoms with E-state index in [4.69, 9.17) is 0 Å². The van der Waals surface area contributed by atoms with Crippen molar-refractivity contribution in [2.45, 2.75) is 26.7 Å². The number of piperidine rings is 1. The third-order valence-corrected chi connectivity index (χ3v) is 8.51. The van der Waals surface area contributed by atoms with Crippen molar-refractivity contribution < 1.29 is 18.0 Å². The second-order valence-electron chi connectivity index (χ2n) is 10.1. The first-order valence-electron chi connectivity index (χ1n) is 13.0. The molecule has 0 unspecified atom stereocenters. The van der Waals surface area contributed by atoms with E-state index < -0.39 is 21.3 Å². The number of nitrogens with zero attached hydrogens (tertiary/aromatic N) is 5. The van der Waals surface area contributed by atoms with E-state index >= 15 is 0 Å². The first kappa shape index (κ1) is 28.4. The molecule has 1 aliphatic rings. The van der Waals surface area contributed by atoms with Gasteiger partial charge in [0.1, 0.15) is 0 Å². The summed E-state index contributed by atoms with van der Waals surface area (Å²) < 4.78 is 26.0. The second kappa shape index (κ2) is 11.4. The van der Waals surface area contributed by atoms with Crippen molar-refractivity contribution in [2.24, 2.45) is 5.41 Å². The summed E-state index contributed by atoms with van der Waals surface area (Å²) in [5, 5.41) is 5.98. The first-order valence-corrected chi connectivity index (χ1v) is 15.8. The van der Waals surface area contributed by atoms with Crippen LogP contribution in [-0.4, -0.2) is 66.2 Å². The molecule has 1 fully saturated rings. The molecule has 1 saturated heterocycles. The molecular weight excluding hydrogens is 564 g/mol. The molecule has 0 radical (unpaired) electrons. The molecule has 3 aromatic heterocycles. The van der Waals surface area contributed by atoms with Gasteiger partial charge in [-0.2, -0.15) is 0 Å². The Balaban J connectivity index is 1.39. The molecule has 1 aromatic carbocycles. The monoisotopic (exact) mass is 594 g/mol. The predicted molar refractivity (Wildman–Crippen MR) is 159 cm³/mol. The number of pyridine rings is 1. The zero-order valence-electron chi connectivity index (χ0n) is 22.8. The van der Waals surface area contributed by atoms with Crippen molar-refractivity contribution in [2.75, 3.05) is 36.1 Å². The second-order valence-corrected chi connectivity index (χ2v) is 12.9. The molecule has 0 saturated carbocycles. The van der Waals surface area contributed by atoms with Gasteiger partial charge in [0.05, 0.1) is 27.6 Å². The lowest BCUT2D eigenvalue weighted by atomic mass is 9.80. The maximum Gasteiger partial charge on any atom is 0.321 e. The molecule has 5 rings (SSSR count). The molecule has 14 heteroatoms. The standard InChI is InChI=1S/C27H30N8O4S2/c1-4-28-25(37)33-26-32-21-14-17(13-19(22(21)40-26)20-7-5-6-10-29-20)18-15-30-24(31-16-18)35-11-8-27(2,9-12-35)23(36)34-41(3,38)39/h5-7,10,13-16H,4,8-9,11-12H2,1-3H3,(H,34,36)(H2,28,32,33,37). The topological polar surface area (TPSA) is 159 Å². The fourth-order valence-electron chi connectivity index (χ4n) is 4.62. The van der Waals surface area contributed by atoms with E-state index in [-0.39, 0.29) is 6.03 Å². The zero-order chi connectivity index (χ0) is 29.2. The van der Waals surface area contributed by atoms with Gasteiger partial charge in [0.2, 0.25) is 21.9 Å². The third kappa shape index (κ3) is 6.43. The molecule has 1 aliphatic heterocycles. The number of nitrogens with one attached hydrogen (secondary N) is 3. The lowest BCUT2D eigenvalue weighted by Crippen LogP contribution is -2.48. The van der Waals surface area contributed by atoms with E-state index in [0.717, 1.165) is 33.3 Å². The van der Waals surface area contributed by atoms with Crippen molar-refractivity contribution >= 4 is 54.6 Å². The maximum absolute atomic E-state index is 12.5. The highest BCUT2D eigenvalue weighted by Gasteiger charge is 2.38. The summed E-state index contributed by atoms with van der Waals surface area (Å²) in [7, 11) is -3.62. The van der Waals surface area contributed by atoms with Gasteiger partial charge in [0.15, 0.2) is 5.13 Å². The fraction of sp³-hybridized carbons (Fsp3) is 0.333. The first-order chi connectivity index (χ1) is 19.5. The Bertz CT molecular complexity index is 1680. The van der Waals surface area contributed by atoms with Crippen LogP contribution in [0.4, 0.5) is 15.9 Å². The highest BCUT2D eigenvalue weighted by atomic mass is 32.2. The van der Waals surface area contributed by atoms with Crippen LogP contribution < -0.4 is 20.3 Å². The van der Waals surface area contributed by atoms with Crippen LogP contribution >= 0.6 is 11.3 Å². The Morgan fingerprint density at radius 3 is 2.44 bits per heavy atom. The summed E-state index contributed by atoms with van der Waals surface area (Å²) in [5.41, 5.74) is 3.23. The number of carbonyl (C=O) groups is 2. The van der Waals surface area contributed by atoms with E-state index in [9.17, 15) is 18.0 Å². The molecule has 4 aromatic rings. The van der Waals surface area contributed by atoms with E-state index in [1.165, 1.54) is 11.3 Å². The number of thiazole rings is 1. The van der Waals surface area contributed by atoms with Gasteiger partial charge in [-0.15, -0.1) is 0 Å². The van der Waals surface area contributed by atoms with E-state index in [0.29, 0.717) is 49.1 Å². The number of fused-ring (bicyclic) bond motifs is 1. The van der Waals surface area contributed by atoms with Gasteiger partial charge in [-0.1, -0.05) is 24.3 Å². The molecule has 4 heterocycles. The Hall–Kier alpha value is -4.17. The molecule has 0 atom stereocenters. The maximum atomic E-state index is 12.5. The predicted octanol–water partition coefficient (Wildman–Crippen LogP) is 3.64. The summed E-state index contributed by atoms with van der Waals surface area (Å²) in [4.78, 5) is 45.0. The molecule has 41 heavy (non-hydrogen) atoms. The number of sulfonamides is 1. The number of hydrogen-bond acceptors (Lipinski definition) is 10. The van der Waals surface area contributed by atoms with Gasteiger partial charge < -0.3 is 10.2 Å². The van der Waals surface area contributed by atoms with Crippen molar-refractivity contribution in [3.05, 3.63) is 48.9 Å². The third-order valence-electron chi connectivity index (χ3n) is 6.94. The normalized spacial score (nSPS) is 15.0. The highest BCUT2D eigenvalue weighted by molar-refractivity contribution is 7.89. The van der Waals surface area contributed by atoms with E-state index in [1.54, 1.807) is 25.5 Å². The van der Waals surface area contributed by atoms with Gasteiger partial charge in [-0.05, 0) is 49.6 Å². The van der Waals surface area contributed by atoms with Crippen LogP contribution in [0.1, 0.15) is 26.7 Å². The van der Waals surface area contributed by atoms with Crippen LogP contribution in [0.2, 0.25) is 0 Å². The van der Waals surface area contributed by atoms with E-state index in [1.807, 2.05) is 42.2 Å². The molecule has 0 bridgehead atoms. The van der Waals surface area contributed by atoms with Crippen LogP contribution in [0.15, 0.2) is 48.9 Å². The van der Waals surface area contributed by atoms with Crippen LogP contribution in [0.25, 0.3) is 32.6 Å². The largest absolute Gasteiger partial charge is 0.341 e. The summed E-state index contributed by atoms with van der Waals surface area (Å²) in [6.07, 6.45) is 7.15. The van der Waals surface area contributed by atoms with Gasteiger partial charge in [0.25, 0.3) is 0 Å². The molecule has 12 nitrogen and oxygen atoms in total. The van der Waals surface area contributed by atoms with E-state index in [2.05, 4.69) is 35.3 Å². The summed E-state index contributed by atoms with van der Waals surface area (Å²) in [6.45, 7) is 5.16. The van der Waals surface area contributed by atoms with Crippen molar-refractivity contribution in [1.29, 1.82) is 0 Å². The molecule has 0 aliphatic carbocycles. The number of urea groups is 1. The van der Waals surface area contributed by atoms with Crippen molar-refractivity contribution in [3.63, 3.8) is 0 Å². The van der Waals surface area contributed by atoms with Gasteiger partial charge >= 0.3 is 6.03 Å². The molecule has 3 amide bonds. The average Bonchev–Trinajstić information content (AvgIpc) is 3.35. The molecular formula is C27H30N8O4S2. The average molecular weight is 595 g/mol. The lowest BCUT2D eigenvalue weighted by Gasteiger charge is -2.37. The Kier molecular flexibility index (Phi) is 7.87. The van der Waals surface area contributed by atoms with Gasteiger partial charge in [-0.25, -0.2) is 28.2 Å². The molecule has 3 N–H and O–H groups in total. The quantitative estimate of drug-likeness (QED) is 0.290. The van der Waals surface area contributed by atoms with Crippen LogP contribution in [0, 0.1) is 5.41 Å². The molecule has 0 spiro atoms. The summed E-state index contributed by atoms with van der Waals surface area (Å²) in [6, 6.07) is 9.34. The highest BCUT2D eigenvalue weighted by Crippen LogP contribution is 2.38. The number of anilines is 2.